The van der Waals surface area contributed by atoms with Crippen LogP contribution in [0.25, 0.3) is 0 Å². The summed E-state index contributed by atoms with van der Waals surface area (Å²) in [6, 6.07) is 4.47. The van der Waals surface area contributed by atoms with Gasteiger partial charge in [0.25, 0.3) is 0 Å². The molecule has 0 aromatic heterocycles. The number of hydrogen-bond donors (Lipinski definition) is 1. The predicted molar refractivity (Wildman–Crippen MR) is 71.0 cm³/mol. The lowest BCUT2D eigenvalue weighted by Gasteiger charge is -2.32. The van der Waals surface area contributed by atoms with Gasteiger partial charge in [-0.25, -0.2) is 4.39 Å². The molecule has 1 saturated carbocycles. The summed E-state index contributed by atoms with van der Waals surface area (Å²) in [6.07, 6.45) is 4.76. The maximum Gasteiger partial charge on any atom is 0.123 e. The zero-order valence-corrected chi connectivity index (χ0v) is 11.2. The number of ether oxygens (including phenoxy) is 1. The van der Waals surface area contributed by atoms with Crippen LogP contribution in [0.1, 0.15) is 44.2 Å². The van der Waals surface area contributed by atoms with Crippen LogP contribution in [0.4, 0.5) is 4.39 Å². The van der Waals surface area contributed by atoms with Gasteiger partial charge >= 0.3 is 0 Å². The lowest BCUT2D eigenvalue weighted by atomic mass is 9.77. The zero-order chi connectivity index (χ0) is 13.1. The molecule has 1 aliphatic carbocycles. The molecule has 2 N–H and O–H groups in total. The van der Waals surface area contributed by atoms with Crippen LogP contribution in [0.2, 0.25) is 0 Å². The van der Waals surface area contributed by atoms with Crippen molar-refractivity contribution in [1.29, 1.82) is 0 Å². The van der Waals surface area contributed by atoms with E-state index < -0.39 is 0 Å². The Morgan fingerprint density at radius 3 is 2.83 bits per heavy atom. The molecule has 0 spiro atoms. The van der Waals surface area contributed by atoms with Gasteiger partial charge in [-0.15, -0.1) is 0 Å². The first kappa shape index (κ1) is 13.3. The fraction of sp³-hybridized carbons (Fsp3) is 0.600. The van der Waals surface area contributed by atoms with Crippen molar-refractivity contribution in [2.45, 2.75) is 38.6 Å². The highest BCUT2D eigenvalue weighted by molar-refractivity contribution is 5.36. The molecule has 0 saturated heterocycles. The molecule has 0 heterocycles. The molecule has 0 amide bonds. The highest BCUT2D eigenvalue weighted by Gasteiger charge is 2.27. The molecule has 1 aromatic rings. The molecule has 1 fully saturated rings. The molecule has 100 valence electrons. The van der Waals surface area contributed by atoms with E-state index in [1.807, 2.05) is 0 Å². The van der Waals surface area contributed by atoms with Crippen LogP contribution >= 0.6 is 0 Å². The number of methoxy groups -OCH3 is 1. The van der Waals surface area contributed by atoms with Gasteiger partial charge in [0.15, 0.2) is 0 Å². The van der Waals surface area contributed by atoms with Gasteiger partial charge in [-0.3, -0.25) is 0 Å². The zero-order valence-electron chi connectivity index (χ0n) is 11.2. The number of rotatable bonds is 3. The minimum atomic E-state index is -0.245. The SMILES string of the molecule is COc1ccc(F)cc1C(N)C1CCCC(C)C1. The highest BCUT2D eigenvalue weighted by atomic mass is 19.1. The Morgan fingerprint density at radius 2 is 2.17 bits per heavy atom. The van der Waals surface area contributed by atoms with Crippen molar-refractivity contribution in [2.24, 2.45) is 17.6 Å². The summed E-state index contributed by atoms with van der Waals surface area (Å²) in [7, 11) is 1.60. The number of hydrogen-bond acceptors (Lipinski definition) is 2. The minimum absolute atomic E-state index is 0.126. The standard InChI is InChI=1S/C15H22FNO/c1-10-4-3-5-11(8-10)15(17)13-9-12(16)6-7-14(13)18-2/h6-7,9-11,15H,3-5,8,17H2,1-2H3. The molecular weight excluding hydrogens is 229 g/mol. The molecule has 3 atom stereocenters. The normalized spacial score (nSPS) is 25.8. The summed E-state index contributed by atoms with van der Waals surface area (Å²) in [4.78, 5) is 0. The van der Waals surface area contributed by atoms with E-state index in [9.17, 15) is 4.39 Å². The summed E-state index contributed by atoms with van der Waals surface area (Å²) < 4.78 is 18.7. The third-order valence-electron chi connectivity index (χ3n) is 4.04. The molecule has 3 heteroatoms. The Hall–Kier alpha value is -1.09. The Bertz CT molecular complexity index is 407. The Labute approximate surface area is 108 Å². The molecule has 1 aliphatic rings. The van der Waals surface area contributed by atoms with Crippen molar-refractivity contribution in [3.63, 3.8) is 0 Å². The third-order valence-corrected chi connectivity index (χ3v) is 4.04. The van der Waals surface area contributed by atoms with Crippen LogP contribution in [0.15, 0.2) is 18.2 Å². The Kier molecular flexibility index (Phi) is 4.23. The molecule has 0 bridgehead atoms. The summed E-state index contributed by atoms with van der Waals surface area (Å²) in [5, 5.41) is 0. The second-order valence-corrected chi connectivity index (χ2v) is 5.44. The Balaban J connectivity index is 2.21. The summed E-state index contributed by atoms with van der Waals surface area (Å²) in [6.45, 7) is 2.27. The summed E-state index contributed by atoms with van der Waals surface area (Å²) in [5.74, 6) is 1.60. The average molecular weight is 251 g/mol. The lowest BCUT2D eigenvalue weighted by Crippen LogP contribution is -2.26. The second kappa shape index (κ2) is 5.70. The topological polar surface area (TPSA) is 35.2 Å². The summed E-state index contributed by atoms with van der Waals surface area (Å²) in [5.41, 5.74) is 7.13. The van der Waals surface area contributed by atoms with Crippen LogP contribution in [0, 0.1) is 17.7 Å². The number of benzene rings is 1. The van der Waals surface area contributed by atoms with Crippen LogP contribution in [-0.2, 0) is 0 Å². The van der Waals surface area contributed by atoms with Crippen LogP contribution in [0.3, 0.4) is 0 Å². The fourth-order valence-electron chi connectivity index (χ4n) is 3.03. The van der Waals surface area contributed by atoms with Crippen LogP contribution in [0.5, 0.6) is 5.75 Å². The third kappa shape index (κ3) is 2.83. The molecular formula is C15H22FNO. The van der Waals surface area contributed by atoms with Crippen molar-refractivity contribution in [2.75, 3.05) is 7.11 Å². The average Bonchev–Trinajstić information content (AvgIpc) is 2.38. The monoisotopic (exact) mass is 251 g/mol. The van der Waals surface area contributed by atoms with E-state index in [0.717, 1.165) is 18.4 Å². The molecule has 2 nitrogen and oxygen atoms in total. The molecule has 3 unspecified atom stereocenters. The fourth-order valence-corrected chi connectivity index (χ4v) is 3.03. The van der Waals surface area contributed by atoms with Gasteiger partial charge in [-0.05, 0) is 42.9 Å². The largest absolute Gasteiger partial charge is 0.496 e. The van der Waals surface area contributed by atoms with Gasteiger partial charge in [0.1, 0.15) is 11.6 Å². The lowest BCUT2D eigenvalue weighted by molar-refractivity contribution is 0.244. The number of nitrogens with two attached hydrogens (primary N) is 1. The molecule has 18 heavy (non-hydrogen) atoms. The van der Waals surface area contributed by atoms with E-state index >= 15 is 0 Å². The van der Waals surface area contributed by atoms with Crippen molar-refractivity contribution in [3.05, 3.63) is 29.6 Å². The van der Waals surface area contributed by atoms with E-state index in [1.165, 1.54) is 25.0 Å². The summed E-state index contributed by atoms with van der Waals surface area (Å²) >= 11 is 0. The predicted octanol–water partition coefficient (Wildman–Crippen LogP) is 3.66. The van der Waals surface area contributed by atoms with Gasteiger partial charge in [-0.2, -0.15) is 0 Å². The molecule has 0 aliphatic heterocycles. The van der Waals surface area contributed by atoms with Gasteiger partial charge in [0, 0.05) is 11.6 Å². The van der Waals surface area contributed by atoms with Gasteiger partial charge in [0.05, 0.1) is 7.11 Å². The quantitative estimate of drug-likeness (QED) is 0.889. The minimum Gasteiger partial charge on any atom is -0.496 e. The highest BCUT2D eigenvalue weighted by Crippen LogP contribution is 2.38. The second-order valence-electron chi connectivity index (χ2n) is 5.44. The molecule has 0 radical (unpaired) electrons. The van der Waals surface area contributed by atoms with Crippen molar-refractivity contribution >= 4 is 0 Å². The van der Waals surface area contributed by atoms with Gasteiger partial charge in [0.2, 0.25) is 0 Å². The first-order valence-electron chi connectivity index (χ1n) is 6.71. The van der Waals surface area contributed by atoms with Gasteiger partial charge in [-0.1, -0.05) is 19.8 Å². The maximum absolute atomic E-state index is 13.4. The van der Waals surface area contributed by atoms with E-state index in [4.69, 9.17) is 10.5 Å². The first-order chi connectivity index (χ1) is 8.61. The van der Waals surface area contributed by atoms with Gasteiger partial charge < -0.3 is 10.5 Å². The first-order valence-corrected chi connectivity index (χ1v) is 6.71. The van der Waals surface area contributed by atoms with E-state index in [1.54, 1.807) is 13.2 Å². The Morgan fingerprint density at radius 1 is 1.39 bits per heavy atom. The van der Waals surface area contributed by atoms with E-state index in [2.05, 4.69) is 6.92 Å². The van der Waals surface area contributed by atoms with Crippen LogP contribution in [-0.4, -0.2) is 7.11 Å². The van der Waals surface area contributed by atoms with E-state index in [0.29, 0.717) is 17.6 Å². The smallest absolute Gasteiger partial charge is 0.123 e. The van der Waals surface area contributed by atoms with Crippen LogP contribution < -0.4 is 10.5 Å². The van der Waals surface area contributed by atoms with Crippen molar-refractivity contribution in [3.8, 4) is 5.75 Å². The van der Waals surface area contributed by atoms with Crippen molar-refractivity contribution in [1.82, 2.24) is 0 Å². The molecule has 2 rings (SSSR count). The number of halogens is 1. The van der Waals surface area contributed by atoms with E-state index in [-0.39, 0.29) is 11.9 Å². The molecule has 1 aromatic carbocycles. The maximum atomic E-state index is 13.4. The van der Waals surface area contributed by atoms with Crippen molar-refractivity contribution < 1.29 is 9.13 Å².